The summed E-state index contributed by atoms with van der Waals surface area (Å²) >= 11 is 0. The summed E-state index contributed by atoms with van der Waals surface area (Å²) in [5.41, 5.74) is 1.33. The highest BCUT2D eigenvalue weighted by Gasteiger charge is 2.05. The van der Waals surface area contributed by atoms with Gasteiger partial charge in [0.2, 0.25) is 10.0 Å². The van der Waals surface area contributed by atoms with E-state index in [1.54, 1.807) is 12.1 Å². The molecule has 20 heavy (non-hydrogen) atoms. The average molecular weight is 299 g/mol. The van der Waals surface area contributed by atoms with Gasteiger partial charge in [0.15, 0.2) is 0 Å². The van der Waals surface area contributed by atoms with E-state index < -0.39 is 16.0 Å². The van der Waals surface area contributed by atoms with E-state index in [9.17, 15) is 13.2 Å². The average Bonchev–Trinajstić information content (AvgIpc) is 2.36. The Morgan fingerprint density at radius 2 is 1.75 bits per heavy atom. The van der Waals surface area contributed by atoms with Gasteiger partial charge in [-0.2, -0.15) is 0 Å². The van der Waals surface area contributed by atoms with Gasteiger partial charge in [0.05, 0.1) is 4.90 Å². The zero-order valence-corrected chi connectivity index (χ0v) is 12.6. The number of carboxylic acids is 1. The Morgan fingerprint density at radius 1 is 1.30 bits per heavy atom. The molecular formula is C14H21NO4S. The van der Waals surface area contributed by atoms with Crippen LogP contribution in [0.3, 0.4) is 0 Å². The van der Waals surface area contributed by atoms with Crippen LogP contribution in [0.5, 0.6) is 0 Å². The minimum absolute atomic E-state index is 0.176. The first-order chi connectivity index (χ1) is 9.18. The summed E-state index contributed by atoms with van der Waals surface area (Å²) in [5.74, 6) is -0.935. The van der Waals surface area contributed by atoms with E-state index in [-0.39, 0.29) is 10.5 Å². The van der Waals surface area contributed by atoms with Crippen molar-refractivity contribution in [3.63, 3.8) is 0 Å². The van der Waals surface area contributed by atoms with Crippen LogP contribution in [0.2, 0.25) is 0 Å². The van der Waals surface area contributed by atoms with Crippen molar-refractivity contribution in [2.75, 3.05) is 0 Å². The van der Waals surface area contributed by atoms with Crippen LogP contribution in [0.4, 0.5) is 0 Å². The van der Waals surface area contributed by atoms with Crippen molar-refractivity contribution in [1.82, 2.24) is 0 Å². The van der Waals surface area contributed by atoms with Crippen molar-refractivity contribution < 1.29 is 18.3 Å². The third-order valence-corrected chi connectivity index (χ3v) is 3.37. The van der Waals surface area contributed by atoms with E-state index in [0.29, 0.717) is 0 Å². The first kappa shape index (κ1) is 18.3. The number of carboxylic acid groups (broad SMARTS) is 1. The van der Waals surface area contributed by atoms with Crippen molar-refractivity contribution >= 4 is 16.0 Å². The first-order valence-corrected chi connectivity index (χ1v) is 7.73. The minimum atomic E-state index is -3.54. The molecule has 0 atom stereocenters. The second-order valence-corrected chi connectivity index (χ2v) is 5.94. The monoisotopic (exact) mass is 299 g/mol. The fourth-order valence-electron chi connectivity index (χ4n) is 1.23. The second kappa shape index (κ2) is 8.50. The molecule has 5 nitrogen and oxygen atoms in total. The Bertz CT molecular complexity index is 535. The lowest BCUT2D eigenvalue weighted by molar-refractivity contribution is -0.132. The van der Waals surface area contributed by atoms with Gasteiger partial charge < -0.3 is 5.11 Å². The van der Waals surface area contributed by atoms with Gasteiger partial charge in [0.1, 0.15) is 0 Å². The Hall–Kier alpha value is -1.66. The van der Waals surface area contributed by atoms with E-state index in [4.69, 9.17) is 10.2 Å². The number of sulfonamides is 1. The molecule has 112 valence electrons. The van der Waals surface area contributed by atoms with Gasteiger partial charge >= 0.3 is 5.97 Å². The third kappa shape index (κ3) is 7.70. The SMILES string of the molecule is C=C(C)C(=O)O.CCCCc1ccc(S(N)(=O)=O)cc1. The van der Waals surface area contributed by atoms with Crippen LogP contribution in [0.25, 0.3) is 0 Å². The van der Waals surface area contributed by atoms with Crippen LogP contribution in [-0.2, 0) is 21.2 Å². The van der Waals surface area contributed by atoms with Crippen LogP contribution in [0, 0.1) is 0 Å². The molecule has 0 aliphatic heterocycles. The quantitative estimate of drug-likeness (QED) is 0.815. The van der Waals surface area contributed by atoms with Gasteiger partial charge in [0.25, 0.3) is 0 Å². The fourth-order valence-corrected chi connectivity index (χ4v) is 1.74. The second-order valence-electron chi connectivity index (χ2n) is 4.38. The molecule has 6 heteroatoms. The number of aliphatic carboxylic acids is 1. The minimum Gasteiger partial charge on any atom is -0.478 e. The number of aryl methyl sites for hydroxylation is 1. The standard InChI is InChI=1S/C10H15NO2S.C4H6O2/c1-2-3-4-9-5-7-10(8-6-9)14(11,12)13;1-3(2)4(5)6/h5-8H,2-4H2,1H3,(H2,11,12,13);1H2,2H3,(H,5,6). The molecule has 0 bridgehead atoms. The molecule has 0 spiro atoms. The van der Waals surface area contributed by atoms with E-state index >= 15 is 0 Å². The summed E-state index contributed by atoms with van der Waals surface area (Å²) < 4.78 is 21.9. The fraction of sp³-hybridized carbons (Fsp3) is 0.357. The molecule has 0 aliphatic rings. The van der Waals surface area contributed by atoms with Crippen molar-refractivity contribution in [2.24, 2.45) is 5.14 Å². The summed E-state index contributed by atoms with van der Waals surface area (Å²) in [4.78, 5) is 9.78. The van der Waals surface area contributed by atoms with Crippen molar-refractivity contribution in [3.8, 4) is 0 Å². The third-order valence-electron chi connectivity index (χ3n) is 2.44. The Kier molecular flexibility index (Phi) is 7.79. The lowest BCUT2D eigenvalue weighted by Crippen LogP contribution is -2.11. The molecule has 0 saturated carbocycles. The molecule has 0 heterocycles. The summed E-state index contributed by atoms with van der Waals surface area (Å²) in [6.07, 6.45) is 3.24. The zero-order chi connectivity index (χ0) is 15.8. The predicted octanol–water partition coefficient (Wildman–Crippen LogP) is 2.32. The molecule has 1 rings (SSSR count). The highest BCUT2D eigenvalue weighted by atomic mass is 32.2. The van der Waals surface area contributed by atoms with Gasteiger partial charge in [-0.05, 0) is 37.5 Å². The molecular weight excluding hydrogens is 278 g/mol. The highest BCUT2D eigenvalue weighted by molar-refractivity contribution is 7.89. The summed E-state index contributed by atoms with van der Waals surface area (Å²) in [6.45, 7) is 6.73. The number of carbonyl (C=O) groups is 1. The molecule has 0 fully saturated rings. The first-order valence-electron chi connectivity index (χ1n) is 6.19. The zero-order valence-electron chi connectivity index (χ0n) is 11.8. The Balaban J connectivity index is 0.000000511. The van der Waals surface area contributed by atoms with Crippen molar-refractivity contribution in [3.05, 3.63) is 42.0 Å². The highest BCUT2D eigenvalue weighted by Crippen LogP contribution is 2.10. The molecule has 0 amide bonds. The normalized spacial score (nSPS) is 10.3. The largest absolute Gasteiger partial charge is 0.478 e. The molecule has 3 N–H and O–H groups in total. The smallest absolute Gasteiger partial charge is 0.330 e. The molecule has 1 aromatic rings. The van der Waals surface area contributed by atoms with Gasteiger partial charge in [0, 0.05) is 5.57 Å². The van der Waals surface area contributed by atoms with Crippen LogP contribution in [0.15, 0.2) is 41.3 Å². The maximum absolute atomic E-state index is 10.9. The number of hydrogen-bond donors (Lipinski definition) is 2. The van der Waals surface area contributed by atoms with Crippen LogP contribution >= 0.6 is 0 Å². The number of unbranched alkanes of at least 4 members (excludes halogenated alkanes) is 1. The molecule has 0 aromatic heterocycles. The molecule has 1 aromatic carbocycles. The van der Waals surface area contributed by atoms with Crippen LogP contribution < -0.4 is 5.14 Å². The lowest BCUT2D eigenvalue weighted by Gasteiger charge is -2.01. The predicted molar refractivity (Wildman–Crippen MR) is 78.9 cm³/mol. The molecule has 0 unspecified atom stereocenters. The topological polar surface area (TPSA) is 97.5 Å². The van der Waals surface area contributed by atoms with Crippen LogP contribution in [-0.4, -0.2) is 19.5 Å². The Labute approximate surface area is 120 Å². The molecule has 0 radical (unpaired) electrons. The van der Waals surface area contributed by atoms with Gasteiger partial charge in [-0.15, -0.1) is 0 Å². The van der Waals surface area contributed by atoms with E-state index in [2.05, 4.69) is 13.5 Å². The number of benzene rings is 1. The van der Waals surface area contributed by atoms with Gasteiger partial charge in [-0.25, -0.2) is 18.4 Å². The van der Waals surface area contributed by atoms with Gasteiger partial charge in [-0.3, -0.25) is 0 Å². The lowest BCUT2D eigenvalue weighted by atomic mass is 10.1. The van der Waals surface area contributed by atoms with E-state index in [1.807, 2.05) is 12.1 Å². The number of primary sulfonamides is 1. The van der Waals surface area contributed by atoms with Crippen molar-refractivity contribution in [2.45, 2.75) is 38.0 Å². The number of nitrogens with two attached hydrogens (primary N) is 1. The van der Waals surface area contributed by atoms with Crippen molar-refractivity contribution in [1.29, 1.82) is 0 Å². The summed E-state index contributed by atoms with van der Waals surface area (Å²) in [5, 5.41) is 12.9. The van der Waals surface area contributed by atoms with Gasteiger partial charge in [-0.1, -0.05) is 32.1 Å². The molecule has 0 saturated heterocycles. The van der Waals surface area contributed by atoms with Crippen LogP contribution in [0.1, 0.15) is 32.3 Å². The molecule has 0 aliphatic carbocycles. The number of hydrogen-bond acceptors (Lipinski definition) is 3. The maximum Gasteiger partial charge on any atom is 0.330 e. The number of rotatable bonds is 5. The Morgan fingerprint density at radius 3 is 2.05 bits per heavy atom. The van der Waals surface area contributed by atoms with E-state index in [0.717, 1.165) is 24.8 Å². The summed E-state index contributed by atoms with van der Waals surface area (Å²) in [7, 11) is -3.54. The maximum atomic E-state index is 10.9. The van der Waals surface area contributed by atoms with E-state index in [1.165, 1.54) is 6.92 Å². The summed E-state index contributed by atoms with van der Waals surface area (Å²) in [6, 6.07) is 6.74.